The van der Waals surface area contributed by atoms with E-state index >= 15 is 0 Å². The molecule has 1 aliphatic heterocycles. The van der Waals surface area contributed by atoms with Crippen LogP contribution >= 0.6 is 11.6 Å². The zero-order valence-electron chi connectivity index (χ0n) is 15.4. The molecule has 1 saturated heterocycles. The molecule has 0 spiro atoms. The molecule has 26 heavy (non-hydrogen) atoms. The molecule has 0 aliphatic carbocycles. The van der Waals surface area contributed by atoms with Gasteiger partial charge in [-0.05, 0) is 38.3 Å². The summed E-state index contributed by atoms with van der Waals surface area (Å²) in [7, 11) is 0. The molecule has 4 nitrogen and oxygen atoms in total. The van der Waals surface area contributed by atoms with E-state index in [2.05, 4.69) is 33.2 Å². The average molecular weight is 377 g/mol. The molecule has 1 N–H and O–H groups in total. The molecule has 2 aromatic rings. The topological polar surface area (TPSA) is 41.0 Å². The Morgan fingerprint density at radius 2 is 2.04 bits per heavy atom. The summed E-state index contributed by atoms with van der Waals surface area (Å²) in [5.41, 5.74) is 1.66. The Kier molecular flexibility index (Phi) is 6.43. The van der Waals surface area contributed by atoms with Crippen molar-refractivity contribution in [2.75, 3.05) is 18.0 Å². The second kappa shape index (κ2) is 8.78. The van der Waals surface area contributed by atoms with Crippen LogP contribution in [-0.4, -0.2) is 29.1 Å². The second-order valence-electron chi connectivity index (χ2n) is 6.86. The summed E-state index contributed by atoms with van der Waals surface area (Å²) in [6.45, 7) is 6.45. The SMILES string of the molecule is CCCc1cc(N2CCC(NCc3c(F)cccc3Cl)CC2)nc(C)n1. The fourth-order valence-electron chi connectivity index (χ4n) is 3.42. The van der Waals surface area contributed by atoms with E-state index in [1.165, 1.54) is 6.07 Å². The van der Waals surface area contributed by atoms with Gasteiger partial charge in [0.2, 0.25) is 0 Å². The van der Waals surface area contributed by atoms with E-state index in [0.717, 1.165) is 56.1 Å². The van der Waals surface area contributed by atoms with Gasteiger partial charge in [-0.3, -0.25) is 0 Å². The van der Waals surface area contributed by atoms with Crippen LogP contribution in [0.2, 0.25) is 5.02 Å². The lowest BCUT2D eigenvalue weighted by Crippen LogP contribution is -2.42. The van der Waals surface area contributed by atoms with Gasteiger partial charge in [0.05, 0.1) is 0 Å². The first-order chi connectivity index (χ1) is 12.6. The van der Waals surface area contributed by atoms with E-state index in [9.17, 15) is 4.39 Å². The first-order valence-corrected chi connectivity index (χ1v) is 9.70. The van der Waals surface area contributed by atoms with Crippen molar-refractivity contribution in [2.45, 2.75) is 52.1 Å². The lowest BCUT2D eigenvalue weighted by Gasteiger charge is -2.33. The third-order valence-corrected chi connectivity index (χ3v) is 5.19. The maximum absolute atomic E-state index is 13.9. The molecule has 1 aromatic heterocycles. The van der Waals surface area contributed by atoms with E-state index in [-0.39, 0.29) is 5.82 Å². The molecule has 0 radical (unpaired) electrons. The summed E-state index contributed by atoms with van der Waals surface area (Å²) < 4.78 is 13.9. The molecule has 3 rings (SSSR count). The van der Waals surface area contributed by atoms with Crippen molar-refractivity contribution in [3.8, 4) is 0 Å². The van der Waals surface area contributed by atoms with Gasteiger partial charge in [-0.2, -0.15) is 0 Å². The molecule has 140 valence electrons. The summed E-state index contributed by atoms with van der Waals surface area (Å²) >= 11 is 6.10. The van der Waals surface area contributed by atoms with Gasteiger partial charge in [-0.15, -0.1) is 0 Å². The first-order valence-electron chi connectivity index (χ1n) is 9.32. The smallest absolute Gasteiger partial charge is 0.132 e. The lowest BCUT2D eigenvalue weighted by atomic mass is 10.0. The maximum atomic E-state index is 13.9. The van der Waals surface area contributed by atoms with Crippen molar-refractivity contribution in [2.24, 2.45) is 0 Å². The molecule has 0 saturated carbocycles. The van der Waals surface area contributed by atoms with Crippen molar-refractivity contribution in [3.63, 3.8) is 0 Å². The van der Waals surface area contributed by atoms with E-state index in [1.54, 1.807) is 12.1 Å². The number of aryl methyl sites for hydroxylation is 2. The third-order valence-electron chi connectivity index (χ3n) is 4.83. The van der Waals surface area contributed by atoms with Crippen molar-refractivity contribution in [1.82, 2.24) is 15.3 Å². The molecule has 0 amide bonds. The highest BCUT2D eigenvalue weighted by molar-refractivity contribution is 6.31. The van der Waals surface area contributed by atoms with Crippen LogP contribution in [0.3, 0.4) is 0 Å². The van der Waals surface area contributed by atoms with Crippen LogP contribution < -0.4 is 10.2 Å². The summed E-state index contributed by atoms with van der Waals surface area (Å²) in [4.78, 5) is 11.4. The van der Waals surface area contributed by atoms with Crippen LogP contribution in [-0.2, 0) is 13.0 Å². The number of hydrogen-bond donors (Lipinski definition) is 1. The summed E-state index contributed by atoms with van der Waals surface area (Å²) in [5.74, 6) is 1.61. The van der Waals surface area contributed by atoms with Gasteiger partial charge in [0, 0.05) is 48.0 Å². The minimum absolute atomic E-state index is 0.248. The number of nitrogens with one attached hydrogen (secondary N) is 1. The summed E-state index contributed by atoms with van der Waals surface area (Å²) in [6.07, 6.45) is 4.06. The summed E-state index contributed by atoms with van der Waals surface area (Å²) in [6, 6.07) is 7.30. The van der Waals surface area contributed by atoms with Crippen molar-refractivity contribution in [1.29, 1.82) is 0 Å². The van der Waals surface area contributed by atoms with Gasteiger partial charge >= 0.3 is 0 Å². The standard InChI is InChI=1S/C20H26ClFN4/c1-3-5-16-12-20(25-14(2)24-16)26-10-8-15(9-11-26)23-13-17-18(21)6-4-7-19(17)22/h4,6-7,12,15,23H,3,5,8-11,13H2,1-2H3. The minimum atomic E-state index is -0.248. The Hall–Kier alpha value is -1.72. The van der Waals surface area contributed by atoms with Crippen molar-refractivity contribution < 1.29 is 4.39 Å². The Morgan fingerprint density at radius 1 is 1.27 bits per heavy atom. The number of nitrogens with zero attached hydrogens (tertiary/aromatic N) is 3. The van der Waals surface area contributed by atoms with Gasteiger partial charge in [0.1, 0.15) is 17.5 Å². The minimum Gasteiger partial charge on any atom is -0.356 e. The molecule has 1 aromatic carbocycles. The predicted molar refractivity (Wildman–Crippen MR) is 104 cm³/mol. The molecule has 2 heterocycles. The van der Waals surface area contributed by atoms with E-state index in [1.807, 2.05) is 6.92 Å². The molecular formula is C20H26ClFN4. The number of halogens is 2. The highest BCUT2D eigenvalue weighted by atomic mass is 35.5. The zero-order chi connectivity index (χ0) is 18.5. The average Bonchev–Trinajstić information content (AvgIpc) is 2.62. The number of piperidine rings is 1. The quantitative estimate of drug-likeness (QED) is 0.816. The van der Waals surface area contributed by atoms with Gasteiger partial charge in [0.15, 0.2) is 0 Å². The largest absolute Gasteiger partial charge is 0.356 e. The van der Waals surface area contributed by atoms with Crippen LogP contribution in [0.15, 0.2) is 24.3 Å². The Morgan fingerprint density at radius 3 is 2.73 bits per heavy atom. The van der Waals surface area contributed by atoms with Crippen LogP contribution in [0.5, 0.6) is 0 Å². The number of benzene rings is 1. The Balaban J connectivity index is 1.56. The predicted octanol–water partition coefficient (Wildman–Crippen LogP) is 4.29. The normalized spacial score (nSPS) is 15.5. The van der Waals surface area contributed by atoms with Gasteiger partial charge in [-0.1, -0.05) is 31.0 Å². The highest BCUT2D eigenvalue weighted by Gasteiger charge is 2.21. The lowest BCUT2D eigenvalue weighted by molar-refractivity contribution is 0.409. The molecule has 0 atom stereocenters. The number of hydrogen-bond acceptors (Lipinski definition) is 4. The van der Waals surface area contributed by atoms with Crippen molar-refractivity contribution >= 4 is 17.4 Å². The van der Waals surface area contributed by atoms with Crippen LogP contribution in [0.4, 0.5) is 10.2 Å². The van der Waals surface area contributed by atoms with Crippen LogP contribution in [0, 0.1) is 12.7 Å². The van der Waals surface area contributed by atoms with Crippen molar-refractivity contribution in [3.05, 3.63) is 52.2 Å². The van der Waals surface area contributed by atoms with E-state index < -0.39 is 0 Å². The molecule has 6 heteroatoms. The fourth-order valence-corrected chi connectivity index (χ4v) is 3.65. The number of anilines is 1. The molecule has 1 aliphatic rings. The van der Waals surface area contributed by atoms with E-state index in [0.29, 0.717) is 23.2 Å². The highest BCUT2D eigenvalue weighted by Crippen LogP contribution is 2.22. The number of aromatic nitrogens is 2. The zero-order valence-corrected chi connectivity index (χ0v) is 16.2. The fraction of sp³-hybridized carbons (Fsp3) is 0.500. The number of rotatable bonds is 6. The molecule has 1 fully saturated rings. The van der Waals surface area contributed by atoms with E-state index in [4.69, 9.17) is 11.6 Å². The molecule has 0 unspecified atom stereocenters. The van der Waals surface area contributed by atoms with Gasteiger partial charge in [-0.25, -0.2) is 14.4 Å². The van der Waals surface area contributed by atoms with Gasteiger partial charge < -0.3 is 10.2 Å². The van der Waals surface area contributed by atoms with Crippen LogP contribution in [0.1, 0.15) is 43.3 Å². The monoisotopic (exact) mass is 376 g/mol. The molecular weight excluding hydrogens is 351 g/mol. The van der Waals surface area contributed by atoms with Gasteiger partial charge in [0.25, 0.3) is 0 Å². The Bertz CT molecular complexity index is 724. The third kappa shape index (κ3) is 4.71. The first kappa shape index (κ1) is 19.1. The summed E-state index contributed by atoms with van der Waals surface area (Å²) in [5, 5.41) is 3.93. The second-order valence-corrected chi connectivity index (χ2v) is 7.26. The van der Waals surface area contributed by atoms with Crippen LogP contribution in [0.25, 0.3) is 0 Å². The molecule has 0 bridgehead atoms. The Labute approximate surface area is 159 Å². The maximum Gasteiger partial charge on any atom is 0.132 e.